The molecule has 3 N–H and O–H groups in total. The van der Waals surface area contributed by atoms with Crippen molar-refractivity contribution < 1.29 is 14.9 Å². The first kappa shape index (κ1) is 14.5. The number of hydrogen-bond donors (Lipinski definition) is 3. The lowest BCUT2D eigenvalue weighted by molar-refractivity contribution is 0.415. The largest absolute Gasteiger partial charge is 0.508 e. The van der Waals surface area contributed by atoms with Gasteiger partial charge in [-0.15, -0.1) is 0 Å². The molecule has 0 radical (unpaired) electrons. The van der Waals surface area contributed by atoms with Crippen molar-refractivity contribution in [3.63, 3.8) is 0 Å². The lowest BCUT2D eigenvalue weighted by Gasteiger charge is -2.19. The molecule has 106 valence electrons. The lowest BCUT2D eigenvalue weighted by Crippen LogP contribution is -2.08. The molecule has 0 heterocycles. The maximum atomic E-state index is 9.88. The fourth-order valence-electron chi connectivity index (χ4n) is 2.00. The third-order valence-corrected chi connectivity index (χ3v) is 3.51. The van der Waals surface area contributed by atoms with E-state index < -0.39 is 0 Å². The summed E-state index contributed by atoms with van der Waals surface area (Å²) in [5, 5.41) is 22.5. The highest BCUT2D eigenvalue weighted by atomic mass is 79.9. The first-order valence-corrected chi connectivity index (χ1v) is 6.92. The molecular weight excluding hydrogens is 322 g/mol. The van der Waals surface area contributed by atoms with Gasteiger partial charge in [-0.2, -0.15) is 0 Å². The van der Waals surface area contributed by atoms with Gasteiger partial charge in [-0.05, 0) is 37.3 Å². The molecule has 0 bridgehead atoms. The third-order valence-electron chi connectivity index (χ3n) is 3.01. The van der Waals surface area contributed by atoms with Crippen molar-refractivity contribution in [1.29, 1.82) is 0 Å². The van der Waals surface area contributed by atoms with E-state index in [0.29, 0.717) is 5.56 Å². The van der Waals surface area contributed by atoms with E-state index in [-0.39, 0.29) is 17.5 Å². The highest BCUT2D eigenvalue weighted by Crippen LogP contribution is 2.34. The highest BCUT2D eigenvalue weighted by Gasteiger charge is 2.13. The number of phenolic OH excluding ortho intramolecular Hbond substituents is 2. The summed E-state index contributed by atoms with van der Waals surface area (Å²) in [5.74, 6) is 0.816. The maximum absolute atomic E-state index is 9.88. The zero-order chi connectivity index (χ0) is 14.7. The van der Waals surface area contributed by atoms with Crippen LogP contribution in [0.2, 0.25) is 0 Å². The molecule has 5 heteroatoms. The van der Waals surface area contributed by atoms with Crippen LogP contribution in [0, 0.1) is 0 Å². The number of phenols is 2. The van der Waals surface area contributed by atoms with Crippen molar-refractivity contribution in [3.05, 3.63) is 46.4 Å². The van der Waals surface area contributed by atoms with Gasteiger partial charge in [0.2, 0.25) is 0 Å². The van der Waals surface area contributed by atoms with Crippen molar-refractivity contribution in [1.82, 2.24) is 0 Å². The number of aromatic hydroxyl groups is 2. The van der Waals surface area contributed by atoms with E-state index in [0.717, 1.165) is 15.9 Å². The molecule has 0 aliphatic heterocycles. The van der Waals surface area contributed by atoms with Gasteiger partial charge in [0.05, 0.1) is 18.8 Å². The fraction of sp³-hybridized carbons (Fsp3) is 0.200. The zero-order valence-corrected chi connectivity index (χ0v) is 12.8. The smallest absolute Gasteiger partial charge is 0.142 e. The van der Waals surface area contributed by atoms with Gasteiger partial charge in [-0.3, -0.25) is 0 Å². The number of hydrogen-bond acceptors (Lipinski definition) is 4. The molecule has 0 saturated carbocycles. The summed E-state index contributed by atoms with van der Waals surface area (Å²) >= 11 is 3.42. The molecule has 2 aromatic carbocycles. The van der Waals surface area contributed by atoms with Gasteiger partial charge in [-0.1, -0.05) is 15.9 Å². The second kappa shape index (κ2) is 6.05. The lowest BCUT2D eigenvalue weighted by atomic mass is 10.1. The van der Waals surface area contributed by atoms with Crippen molar-refractivity contribution in [2.45, 2.75) is 13.0 Å². The molecule has 0 spiro atoms. The van der Waals surface area contributed by atoms with E-state index in [1.54, 1.807) is 19.2 Å². The minimum Gasteiger partial charge on any atom is -0.508 e. The normalized spacial score (nSPS) is 11.9. The van der Waals surface area contributed by atoms with Crippen LogP contribution in [0.4, 0.5) is 5.69 Å². The predicted octanol–water partition coefficient (Wildman–Crippen LogP) is 4.04. The molecule has 20 heavy (non-hydrogen) atoms. The molecular formula is C15H16BrNO3. The molecule has 0 aromatic heterocycles. The van der Waals surface area contributed by atoms with Gasteiger partial charge >= 0.3 is 0 Å². The SMILES string of the molecule is COc1ccc(Br)cc1NC(C)c1ccc(O)cc1O. The summed E-state index contributed by atoms with van der Waals surface area (Å²) in [6.45, 7) is 1.92. The quantitative estimate of drug-likeness (QED) is 0.787. The van der Waals surface area contributed by atoms with Crippen LogP contribution in [0.5, 0.6) is 17.2 Å². The van der Waals surface area contributed by atoms with E-state index in [1.165, 1.54) is 6.07 Å². The average molecular weight is 338 g/mol. The number of ether oxygens (including phenoxy) is 1. The van der Waals surface area contributed by atoms with Crippen molar-refractivity contribution >= 4 is 21.6 Å². The molecule has 2 rings (SSSR count). The Morgan fingerprint density at radius 1 is 1.15 bits per heavy atom. The second-order valence-corrected chi connectivity index (χ2v) is 5.37. The Bertz CT molecular complexity index is 616. The topological polar surface area (TPSA) is 61.7 Å². The molecule has 1 atom stereocenters. The Morgan fingerprint density at radius 3 is 2.55 bits per heavy atom. The molecule has 0 amide bonds. The summed E-state index contributed by atoms with van der Waals surface area (Å²) in [6.07, 6.45) is 0. The van der Waals surface area contributed by atoms with Gasteiger partial charge in [0.25, 0.3) is 0 Å². The van der Waals surface area contributed by atoms with Crippen molar-refractivity contribution in [2.75, 3.05) is 12.4 Å². The Balaban J connectivity index is 2.27. The zero-order valence-electron chi connectivity index (χ0n) is 11.2. The van der Waals surface area contributed by atoms with Crippen molar-refractivity contribution in [3.8, 4) is 17.2 Å². The number of benzene rings is 2. The minimum atomic E-state index is -0.140. The number of anilines is 1. The van der Waals surface area contributed by atoms with Crippen LogP contribution in [-0.2, 0) is 0 Å². The standard InChI is InChI=1S/C15H16BrNO3/c1-9(12-5-4-11(18)8-14(12)19)17-13-7-10(16)3-6-15(13)20-2/h3-9,17-19H,1-2H3. The summed E-state index contributed by atoms with van der Waals surface area (Å²) in [5.41, 5.74) is 1.52. The second-order valence-electron chi connectivity index (χ2n) is 4.45. The number of methoxy groups -OCH3 is 1. The van der Waals surface area contributed by atoms with Gasteiger partial charge in [0.15, 0.2) is 0 Å². The van der Waals surface area contributed by atoms with Crippen LogP contribution in [0.3, 0.4) is 0 Å². The molecule has 0 saturated heterocycles. The van der Waals surface area contributed by atoms with Crippen molar-refractivity contribution in [2.24, 2.45) is 0 Å². The van der Waals surface area contributed by atoms with Crippen LogP contribution in [0.15, 0.2) is 40.9 Å². The summed E-state index contributed by atoms with van der Waals surface area (Å²) in [7, 11) is 1.61. The van der Waals surface area contributed by atoms with Gasteiger partial charge in [-0.25, -0.2) is 0 Å². The van der Waals surface area contributed by atoms with Gasteiger partial charge in [0.1, 0.15) is 17.2 Å². The molecule has 0 aliphatic carbocycles. The van der Waals surface area contributed by atoms with E-state index in [2.05, 4.69) is 21.2 Å². The third kappa shape index (κ3) is 3.17. The minimum absolute atomic E-state index is 0.0403. The first-order chi connectivity index (χ1) is 9.51. The Hall–Kier alpha value is -1.88. The fourth-order valence-corrected chi connectivity index (χ4v) is 2.36. The highest BCUT2D eigenvalue weighted by molar-refractivity contribution is 9.10. The van der Waals surface area contributed by atoms with Crippen LogP contribution < -0.4 is 10.1 Å². The van der Waals surface area contributed by atoms with Crippen LogP contribution in [-0.4, -0.2) is 17.3 Å². The monoisotopic (exact) mass is 337 g/mol. The van der Waals surface area contributed by atoms with Gasteiger partial charge in [0, 0.05) is 16.1 Å². The van der Waals surface area contributed by atoms with E-state index in [1.807, 2.05) is 25.1 Å². The molecule has 4 nitrogen and oxygen atoms in total. The summed E-state index contributed by atoms with van der Waals surface area (Å²) in [6, 6.07) is 10.1. The van der Waals surface area contributed by atoms with E-state index in [9.17, 15) is 10.2 Å². The van der Waals surface area contributed by atoms with Crippen LogP contribution >= 0.6 is 15.9 Å². The molecule has 0 aliphatic rings. The molecule has 1 unspecified atom stereocenters. The van der Waals surface area contributed by atoms with Crippen LogP contribution in [0.25, 0.3) is 0 Å². The first-order valence-electron chi connectivity index (χ1n) is 6.13. The van der Waals surface area contributed by atoms with Crippen LogP contribution in [0.1, 0.15) is 18.5 Å². The number of halogens is 1. The average Bonchev–Trinajstić information content (AvgIpc) is 2.38. The number of nitrogens with one attached hydrogen (secondary N) is 1. The Kier molecular flexibility index (Phi) is 4.39. The number of rotatable bonds is 4. The Morgan fingerprint density at radius 2 is 1.90 bits per heavy atom. The predicted molar refractivity (Wildman–Crippen MR) is 82.5 cm³/mol. The van der Waals surface area contributed by atoms with E-state index in [4.69, 9.17) is 4.74 Å². The summed E-state index contributed by atoms with van der Waals surface area (Å²) in [4.78, 5) is 0. The maximum Gasteiger partial charge on any atom is 0.142 e. The molecule has 2 aromatic rings. The Labute approximate surface area is 126 Å². The van der Waals surface area contributed by atoms with E-state index >= 15 is 0 Å². The summed E-state index contributed by atoms with van der Waals surface area (Å²) < 4.78 is 6.23. The van der Waals surface area contributed by atoms with Gasteiger partial charge < -0.3 is 20.3 Å². The molecule has 0 fully saturated rings.